The molecule has 1 atom stereocenters. The van der Waals surface area contributed by atoms with E-state index in [2.05, 4.69) is 26.3 Å². The van der Waals surface area contributed by atoms with Crippen LogP contribution in [-0.4, -0.2) is 69.3 Å². The van der Waals surface area contributed by atoms with Crippen molar-refractivity contribution in [2.24, 2.45) is 7.05 Å². The van der Waals surface area contributed by atoms with Gasteiger partial charge < -0.3 is 14.5 Å². The molecule has 0 bridgehead atoms. The van der Waals surface area contributed by atoms with Crippen LogP contribution in [0, 0.1) is 0 Å². The Kier molecular flexibility index (Phi) is 5.10. The molecule has 1 aliphatic rings. The van der Waals surface area contributed by atoms with Crippen LogP contribution in [-0.2, 0) is 18.2 Å². The number of aryl methyl sites for hydroxylation is 1. The molecule has 8 nitrogen and oxygen atoms in total. The number of carbonyl (C=O) groups is 1. The molecule has 2 aromatic heterocycles. The molecule has 0 N–H and O–H groups in total. The van der Waals surface area contributed by atoms with Crippen LogP contribution in [0.15, 0.2) is 12.4 Å². The number of anilines is 1. The third-order valence-electron chi connectivity index (χ3n) is 4.10. The summed E-state index contributed by atoms with van der Waals surface area (Å²) in [5.41, 5.74) is 0.635. The topological polar surface area (TPSA) is 76.4 Å². The summed E-state index contributed by atoms with van der Waals surface area (Å²) in [5.74, 6) is 0.853. The minimum Gasteiger partial charge on any atom is -0.384 e. The van der Waals surface area contributed by atoms with Crippen molar-refractivity contribution < 1.29 is 9.53 Å². The fourth-order valence-corrected chi connectivity index (χ4v) is 3.55. The van der Waals surface area contributed by atoms with Gasteiger partial charge in [-0.15, -0.1) is 0 Å². The number of hydrogen-bond acceptors (Lipinski definition) is 7. The Morgan fingerprint density at radius 3 is 2.96 bits per heavy atom. The summed E-state index contributed by atoms with van der Waals surface area (Å²) in [6.45, 7) is 4.87. The lowest BCUT2D eigenvalue weighted by Crippen LogP contribution is -2.54. The third-order valence-corrected chi connectivity index (χ3v) is 4.91. The van der Waals surface area contributed by atoms with Gasteiger partial charge in [0.2, 0.25) is 5.13 Å². The summed E-state index contributed by atoms with van der Waals surface area (Å²) in [6, 6.07) is 0.109. The third kappa shape index (κ3) is 3.57. The predicted octanol–water partition coefficient (Wildman–Crippen LogP) is 0.811. The quantitative estimate of drug-likeness (QED) is 0.794. The lowest BCUT2D eigenvalue weighted by molar-refractivity contribution is 0.0674. The molecule has 0 aliphatic carbocycles. The van der Waals surface area contributed by atoms with Crippen molar-refractivity contribution in [1.82, 2.24) is 24.0 Å². The van der Waals surface area contributed by atoms with Gasteiger partial charge in [0.25, 0.3) is 5.91 Å². The summed E-state index contributed by atoms with van der Waals surface area (Å²) in [5, 5.41) is 5.00. The van der Waals surface area contributed by atoms with Crippen LogP contribution in [0.3, 0.4) is 0 Å². The fourth-order valence-electron chi connectivity index (χ4n) is 2.80. The van der Waals surface area contributed by atoms with E-state index in [0.717, 1.165) is 30.5 Å². The second kappa shape index (κ2) is 7.27. The maximum absolute atomic E-state index is 12.6. The number of nitrogens with zero attached hydrogens (tertiary/aromatic N) is 6. The molecule has 0 radical (unpaired) electrons. The summed E-state index contributed by atoms with van der Waals surface area (Å²) >= 11 is 1.41. The van der Waals surface area contributed by atoms with Crippen LogP contribution < -0.4 is 4.90 Å². The van der Waals surface area contributed by atoms with Crippen molar-refractivity contribution in [3.8, 4) is 0 Å². The number of ether oxygens (including phenoxy) is 1. The van der Waals surface area contributed by atoms with E-state index >= 15 is 0 Å². The van der Waals surface area contributed by atoms with Gasteiger partial charge in [0, 0.05) is 64.0 Å². The van der Waals surface area contributed by atoms with Crippen molar-refractivity contribution in [3.05, 3.63) is 23.8 Å². The van der Waals surface area contributed by atoms with Crippen molar-refractivity contribution >= 4 is 22.6 Å². The zero-order valence-corrected chi connectivity index (χ0v) is 15.0. The van der Waals surface area contributed by atoms with E-state index in [0.29, 0.717) is 18.7 Å². The molecule has 0 aromatic carbocycles. The maximum atomic E-state index is 12.6. The highest BCUT2D eigenvalue weighted by atomic mass is 32.1. The second-order valence-electron chi connectivity index (χ2n) is 5.93. The molecule has 1 unspecified atom stereocenters. The van der Waals surface area contributed by atoms with Crippen molar-refractivity contribution in [2.75, 3.05) is 38.3 Å². The monoisotopic (exact) mass is 350 g/mol. The number of aromatic nitrogens is 4. The molecule has 3 heterocycles. The van der Waals surface area contributed by atoms with E-state index in [4.69, 9.17) is 4.74 Å². The van der Waals surface area contributed by atoms with Crippen molar-refractivity contribution in [2.45, 2.75) is 19.4 Å². The van der Waals surface area contributed by atoms with Gasteiger partial charge >= 0.3 is 0 Å². The second-order valence-corrected chi connectivity index (χ2v) is 6.66. The largest absolute Gasteiger partial charge is 0.384 e. The highest BCUT2D eigenvalue weighted by Gasteiger charge is 2.30. The number of methoxy groups -OCH3 is 1. The van der Waals surface area contributed by atoms with E-state index in [1.807, 2.05) is 11.9 Å². The van der Waals surface area contributed by atoms with Crippen LogP contribution in [0.4, 0.5) is 5.13 Å². The predicted molar refractivity (Wildman–Crippen MR) is 91.4 cm³/mol. The van der Waals surface area contributed by atoms with Gasteiger partial charge in [-0.1, -0.05) is 0 Å². The number of carbonyl (C=O) groups excluding carboxylic acids is 1. The van der Waals surface area contributed by atoms with Crippen LogP contribution in [0.1, 0.15) is 23.1 Å². The average Bonchev–Trinajstić information content (AvgIpc) is 3.21. The lowest BCUT2D eigenvalue weighted by atomic mass is 10.1. The van der Waals surface area contributed by atoms with Crippen LogP contribution in [0.5, 0.6) is 0 Å². The minimum absolute atomic E-state index is 0.0355. The fraction of sp³-hybridized carbons (Fsp3) is 0.600. The molecule has 0 spiro atoms. The SMILES string of the molecule is COCCc1nsc(N2CCN(C(=O)c3cnn(C)c3)C(C)C2)n1. The Hall–Kier alpha value is -2.00. The standard InChI is InChI=1S/C15H22N6O2S/c1-11-9-20(15-17-13(18-24-15)4-7-23-3)5-6-21(11)14(22)12-8-16-19(2)10-12/h8,10-11H,4-7,9H2,1-3H3. The highest BCUT2D eigenvalue weighted by Crippen LogP contribution is 2.22. The maximum Gasteiger partial charge on any atom is 0.257 e. The summed E-state index contributed by atoms with van der Waals surface area (Å²) in [6.07, 6.45) is 4.10. The number of rotatable bonds is 5. The van der Waals surface area contributed by atoms with Crippen LogP contribution in [0.25, 0.3) is 0 Å². The van der Waals surface area contributed by atoms with Gasteiger partial charge in [-0.25, -0.2) is 4.98 Å². The zero-order valence-electron chi connectivity index (χ0n) is 14.2. The van der Waals surface area contributed by atoms with Gasteiger partial charge in [-0.2, -0.15) is 9.47 Å². The first-order valence-electron chi connectivity index (χ1n) is 7.94. The molecule has 1 aliphatic heterocycles. The summed E-state index contributed by atoms with van der Waals surface area (Å²) in [4.78, 5) is 21.3. The van der Waals surface area contributed by atoms with Gasteiger partial charge in [-0.05, 0) is 6.92 Å². The van der Waals surface area contributed by atoms with E-state index in [1.54, 1.807) is 24.2 Å². The summed E-state index contributed by atoms with van der Waals surface area (Å²) in [7, 11) is 3.49. The van der Waals surface area contributed by atoms with Crippen LogP contribution >= 0.6 is 11.5 Å². The molecule has 1 amide bonds. The number of hydrogen-bond donors (Lipinski definition) is 0. The van der Waals surface area contributed by atoms with E-state index in [-0.39, 0.29) is 11.9 Å². The molecule has 0 saturated carbocycles. The number of amides is 1. The van der Waals surface area contributed by atoms with Crippen molar-refractivity contribution in [1.29, 1.82) is 0 Å². The first kappa shape index (κ1) is 16.8. The molecule has 9 heteroatoms. The van der Waals surface area contributed by atoms with Gasteiger partial charge in [0.05, 0.1) is 18.4 Å². The average molecular weight is 350 g/mol. The molecular formula is C15H22N6O2S. The van der Waals surface area contributed by atoms with Gasteiger partial charge in [-0.3, -0.25) is 9.48 Å². The van der Waals surface area contributed by atoms with Gasteiger partial charge in [0.1, 0.15) is 5.82 Å². The first-order chi connectivity index (χ1) is 11.6. The zero-order chi connectivity index (χ0) is 17.1. The van der Waals surface area contributed by atoms with Crippen molar-refractivity contribution in [3.63, 3.8) is 0 Å². The van der Waals surface area contributed by atoms with Crippen LogP contribution in [0.2, 0.25) is 0 Å². The minimum atomic E-state index is 0.0355. The normalized spacial score (nSPS) is 18.2. The van der Waals surface area contributed by atoms with E-state index in [9.17, 15) is 4.79 Å². The van der Waals surface area contributed by atoms with E-state index in [1.165, 1.54) is 11.5 Å². The molecule has 3 rings (SSSR count). The Morgan fingerprint density at radius 1 is 1.46 bits per heavy atom. The lowest BCUT2D eigenvalue weighted by Gasteiger charge is -2.39. The number of piperazine rings is 1. The smallest absolute Gasteiger partial charge is 0.257 e. The molecule has 130 valence electrons. The molecule has 1 fully saturated rings. The molecule has 2 aromatic rings. The molecular weight excluding hydrogens is 328 g/mol. The first-order valence-corrected chi connectivity index (χ1v) is 8.72. The Labute approximate surface area is 145 Å². The van der Waals surface area contributed by atoms with E-state index < -0.39 is 0 Å². The Bertz CT molecular complexity index is 700. The highest BCUT2D eigenvalue weighted by molar-refractivity contribution is 7.09. The molecule has 1 saturated heterocycles. The Balaban J connectivity index is 1.62. The molecule has 24 heavy (non-hydrogen) atoms. The van der Waals surface area contributed by atoms with Gasteiger partial charge in [0.15, 0.2) is 0 Å². The summed E-state index contributed by atoms with van der Waals surface area (Å²) < 4.78 is 11.1. The Morgan fingerprint density at radius 2 is 2.29 bits per heavy atom.